The van der Waals surface area contributed by atoms with Gasteiger partial charge in [-0.3, -0.25) is 0 Å². The van der Waals surface area contributed by atoms with Crippen molar-refractivity contribution in [3.8, 4) is 11.8 Å². The molecule has 0 saturated heterocycles. The van der Waals surface area contributed by atoms with E-state index in [9.17, 15) is 9.90 Å². The van der Waals surface area contributed by atoms with E-state index < -0.39 is 12.1 Å². The molecule has 0 bridgehead atoms. The van der Waals surface area contributed by atoms with Crippen LogP contribution in [0.25, 0.3) is 0 Å². The molecule has 78 valence electrons. The first-order valence-corrected chi connectivity index (χ1v) is 4.57. The van der Waals surface area contributed by atoms with E-state index in [4.69, 9.17) is 0 Å². The van der Waals surface area contributed by atoms with E-state index in [-0.39, 0.29) is 0 Å². The summed E-state index contributed by atoms with van der Waals surface area (Å²) in [5.74, 6) is 4.03. The lowest BCUT2D eigenvalue weighted by Crippen LogP contribution is -2.05. The molecular formula is C11H16O3. The molecular weight excluding hydrogens is 180 g/mol. The highest BCUT2D eigenvalue weighted by Crippen LogP contribution is 2.03. The molecule has 0 aromatic carbocycles. The van der Waals surface area contributed by atoms with Gasteiger partial charge in [0.1, 0.15) is 6.10 Å². The minimum atomic E-state index is -0.781. The number of esters is 1. The molecule has 3 heteroatoms. The van der Waals surface area contributed by atoms with Crippen molar-refractivity contribution < 1.29 is 14.6 Å². The number of aliphatic hydroxyl groups is 1. The summed E-state index contributed by atoms with van der Waals surface area (Å²) in [6.45, 7) is 7.59. The van der Waals surface area contributed by atoms with Crippen molar-refractivity contribution in [2.24, 2.45) is 0 Å². The van der Waals surface area contributed by atoms with Crippen molar-refractivity contribution >= 4 is 5.97 Å². The Bertz CT molecular complexity index is 257. The Morgan fingerprint density at radius 3 is 2.79 bits per heavy atom. The highest BCUT2D eigenvalue weighted by molar-refractivity contribution is 5.88. The molecule has 0 aromatic heterocycles. The van der Waals surface area contributed by atoms with Crippen LogP contribution in [0.3, 0.4) is 0 Å². The third kappa shape index (κ3) is 7.38. The number of hydrogen-bond acceptors (Lipinski definition) is 3. The second-order valence-corrected chi connectivity index (χ2v) is 3.00. The number of rotatable bonds is 4. The van der Waals surface area contributed by atoms with Crippen molar-refractivity contribution in [1.82, 2.24) is 0 Å². The number of allylic oxidation sites excluding steroid dienone is 1. The van der Waals surface area contributed by atoms with E-state index in [0.29, 0.717) is 19.4 Å². The molecule has 0 saturated carbocycles. The Labute approximate surface area is 84.8 Å². The molecule has 14 heavy (non-hydrogen) atoms. The van der Waals surface area contributed by atoms with Crippen molar-refractivity contribution in [2.45, 2.75) is 32.8 Å². The normalized spacial score (nSPS) is 11.1. The molecule has 0 aromatic rings. The number of ether oxygens (including phenoxy) is 1. The maximum atomic E-state index is 10.8. The topological polar surface area (TPSA) is 46.5 Å². The summed E-state index contributed by atoms with van der Waals surface area (Å²) in [5.41, 5.74) is 0.988. The Hall–Kier alpha value is -1.27. The maximum absolute atomic E-state index is 10.8. The van der Waals surface area contributed by atoms with Gasteiger partial charge in [0.15, 0.2) is 0 Å². The van der Waals surface area contributed by atoms with Crippen LogP contribution in [0.5, 0.6) is 0 Å². The molecule has 1 unspecified atom stereocenters. The van der Waals surface area contributed by atoms with Gasteiger partial charge in [-0.25, -0.2) is 4.79 Å². The smallest absolute Gasteiger partial charge is 0.384 e. The lowest BCUT2D eigenvalue weighted by atomic mass is 10.1. The van der Waals surface area contributed by atoms with E-state index in [1.54, 1.807) is 6.92 Å². The zero-order valence-corrected chi connectivity index (χ0v) is 8.67. The standard InChI is InChI=1S/C11H16O3/c1-4-14-11(13)8-7-10(12)6-5-9(2)3/h10,12H,2,4-6H2,1,3H3. The maximum Gasteiger partial charge on any atom is 0.384 e. The lowest BCUT2D eigenvalue weighted by Gasteiger charge is -2.01. The molecule has 0 spiro atoms. The second kappa shape index (κ2) is 7.16. The lowest BCUT2D eigenvalue weighted by molar-refractivity contribution is -0.136. The number of hydrogen-bond donors (Lipinski definition) is 1. The molecule has 0 radical (unpaired) electrons. The van der Waals surface area contributed by atoms with Gasteiger partial charge in [-0.1, -0.05) is 11.5 Å². The van der Waals surface area contributed by atoms with E-state index >= 15 is 0 Å². The molecule has 1 atom stereocenters. The highest BCUT2D eigenvalue weighted by Gasteiger charge is 2.00. The molecule has 0 aliphatic carbocycles. The van der Waals surface area contributed by atoms with Gasteiger partial charge >= 0.3 is 5.97 Å². The number of carbonyl (C=O) groups is 1. The first-order chi connectivity index (χ1) is 6.56. The Balaban J connectivity index is 3.85. The van der Waals surface area contributed by atoms with Gasteiger partial charge in [-0.2, -0.15) is 0 Å². The summed E-state index contributed by atoms with van der Waals surface area (Å²) < 4.78 is 4.58. The Kier molecular flexibility index (Phi) is 6.51. The zero-order valence-electron chi connectivity index (χ0n) is 8.67. The van der Waals surface area contributed by atoms with Gasteiger partial charge in [0.25, 0.3) is 0 Å². The zero-order chi connectivity index (χ0) is 11.0. The minimum Gasteiger partial charge on any atom is -0.456 e. The average Bonchev–Trinajstić information content (AvgIpc) is 2.12. The minimum absolute atomic E-state index is 0.301. The van der Waals surface area contributed by atoms with Gasteiger partial charge in [0, 0.05) is 5.92 Å². The molecule has 0 amide bonds. The Morgan fingerprint density at radius 2 is 2.29 bits per heavy atom. The molecule has 0 aliphatic heterocycles. The van der Waals surface area contributed by atoms with E-state index in [1.165, 1.54) is 0 Å². The fourth-order valence-corrected chi connectivity index (χ4v) is 0.765. The summed E-state index contributed by atoms with van der Waals surface area (Å²) in [5, 5.41) is 9.29. The van der Waals surface area contributed by atoms with E-state index in [0.717, 1.165) is 5.57 Å². The summed E-state index contributed by atoms with van der Waals surface area (Å²) in [6, 6.07) is 0. The van der Waals surface area contributed by atoms with Crippen LogP contribution in [0.1, 0.15) is 26.7 Å². The number of aliphatic hydroxyl groups excluding tert-OH is 1. The monoisotopic (exact) mass is 196 g/mol. The van der Waals surface area contributed by atoms with Crippen molar-refractivity contribution in [1.29, 1.82) is 0 Å². The second-order valence-electron chi connectivity index (χ2n) is 3.00. The Morgan fingerprint density at radius 1 is 1.64 bits per heavy atom. The summed E-state index contributed by atoms with van der Waals surface area (Å²) in [4.78, 5) is 10.8. The van der Waals surface area contributed by atoms with Gasteiger partial charge in [-0.05, 0) is 26.7 Å². The van der Waals surface area contributed by atoms with Crippen LogP contribution in [0.15, 0.2) is 12.2 Å². The van der Waals surface area contributed by atoms with Crippen LogP contribution >= 0.6 is 0 Å². The predicted molar refractivity (Wildman–Crippen MR) is 54.5 cm³/mol. The van der Waals surface area contributed by atoms with Crippen LogP contribution in [0.2, 0.25) is 0 Å². The summed E-state index contributed by atoms with van der Waals surface area (Å²) >= 11 is 0. The van der Waals surface area contributed by atoms with Crippen LogP contribution in [-0.4, -0.2) is 23.8 Å². The molecule has 1 N–H and O–H groups in total. The molecule has 0 fully saturated rings. The fraction of sp³-hybridized carbons (Fsp3) is 0.545. The molecule has 0 rings (SSSR count). The quantitative estimate of drug-likeness (QED) is 0.319. The van der Waals surface area contributed by atoms with E-state index in [2.05, 4.69) is 23.2 Å². The van der Waals surface area contributed by atoms with Crippen molar-refractivity contribution in [3.05, 3.63) is 12.2 Å². The third-order valence-electron chi connectivity index (χ3n) is 1.46. The van der Waals surface area contributed by atoms with Gasteiger partial charge < -0.3 is 9.84 Å². The summed E-state index contributed by atoms with van der Waals surface area (Å²) in [6.07, 6.45) is 0.427. The third-order valence-corrected chi connectivity index (χ3v) is 1.46. The highest BCUT2D eigenvalue weighted by atomic mass is 16.5. The first-order valence-electron chi connectivity index (χ1n) is 4.57. The molecule has 3 nitrogen and oxygen atoms in total. The van der Waals surface area contributed by atoms with E-state index in [1.807, 2.05) is 6.92 Å². The van der Waals surface area contributed by atoms with Crippen LogP contribution in [-0.2, 0) is 9.53 Å². The largest absolute Gasteiger partial charge is 0.456 e. The van der Waals surface area contributed by atoms with Crippen molar-refractivity contribution in [2.75, 3.05) is 6.61 Å². The predicted octanol–water partition coefficient (Wildman–Crippen LogP) is 1.27. The summed E-state index contributed by atoms with van der Waals surface area (Å²) in [7, 11) is 0. The van der Waals surface area contributed by atoms with Crippen LogP contribution in [0.4, 0.5) is 0 Å². The van der Waals surface area contributed by atoms with Crippen molar-refractivity contribution in [3.63, 3.8) is 0 Å². The van der Waals surface area contributed by atoms with Gasteiger partial charge in [0.05, 0.1) is 6.61 Å². The molecule has 0 aliphatic rings. The molecule has 0 heterocycles. The SMILES string of the molecule is C=C(C)CCC(O)C#CC(=O)OCC. The van der Waals surface area contributed by atoms with Crippen LogP contribution < -0.4 is 0 Å². The number of carbonyl (C=O) groups excluding carboxylic acids is 1. The average molecular weight is 196 g/mol. The van der Waals surface area contributed by atoms with Gasteiger partial charge in [-0.15, -0.1) is 6.58 Å². The fourth-order valence-electron chi connectivity index (χ4n) is 0.765. The van der Waals surface area contributed by atoms with Crippen LogP contribution in [0, 0.1) is 11.8 Å². The van der Waals surface area contributed by atoms with Gasteiger partial charge in [0.2, 0.25) is 0 Å². The first kappa shape index (κ1) is 12.7.